The van der Waals surface area contributed by atoms with Gasteiger partial charge < -0.3 is 0 Å². The second-order valence-electron chi connectivity index (χ2n) is 5.30. The molecule has 0 aromatic heterocycles. The van der Waals surface area contributed by atoms with Gasteiger partial charge in [-0.25, -0.2) is 0 Å². The normalized spacial score (nSPS) is 19.6. The summed E-state index contributed by atoms with van der Waals surface area (Å²) >= 11 is 4.70. The highest BCUT2D eigenvalue weighted by molar-refractivity contribution is 7.81. The second-order valence-corrected chi connectivity index (χ2v) is 6.38. The lowest BCUT2D eigenvalue weighted by molar-refractivity contribution is 0.194. The first-order valence-corrected chi connectivity index (χ1v) is 5.92. The molecule has 0 N–H and O–H groups in total. The first-order valence-electron chi connectivity index (χ1n) is 5.47. The van der Waals surface area contributed by atoms with Gasteiger partial charge in [-0.1, -0.05) is 48.0 Å². The predicted molar refractivity (Wildman–Crippen MR) is 65.5 cm³/mol. The van der Waals surface area contributed by atoms with E-state index in [0.29, 0.717) is 5.41 Å². The van der Waals surface area contributed by atoms with Crippen molar-refractivity contribution in [2.45, 2.75) is 65.6 Å². The molecular weight excluding hydrogens is 176 g/mol. The number of rotatable bonds is 5. The van der Waals surface area contributed by atoms with Crippen LogP contribution in [0.25, 0.3) is 0 Å². The Balaban J connectivity index is 4.22. The summed E-state index contributed by atoms with van der Waals surface area (Å²) in [5.74, 6) is 0.750. The van der Waals surface area contributed by atoms with Crippen LogP contribution >= 0.6 is 12.6 Å². The van der Waals surface area contributed by atoms with Gasteiger partial charge in [-0.05, 0) is 24.2 Å². The Hall–Kier alpha value is 0.350. The maximum atomic E-state index is 4.70. The van der Waals surface area contributed by atoms with Crippen molar-refractivity contribution in [3.8, 4) is 0 Å². The van der Waals surface area contributed by atoms with Crippen molar-refractivity contribution in [3.63, 3.8) is 0 Å². The van der Waals surface area contributed by atoms with Crippen molar-refractivity contribution in [2.75, 3.05) is 0 Å². The first kappa shape index (κ1) is 13.4. The maximum Gasteiger partial charge on any atom is 0.0101 e. The molecule has 0 fully saturated rings. The molecule has 0 saturated heterocycles. The molecule has 0 heterocycles. The minimum atomic E-state index is 0.214. The van der Waals surface area contributed by atoms with Crippen LogP contribution in [0.4, 0.5) is 0 Å². The van der Waals surface area contributed by atoms with Gasteiger partial charge in [0, 0.05) is 4.75 Å². The zero-order chi connectivity index (χ0) is 10.7. The predicted octanol–water partition coefficient (Wildman–Crippen LogP) is 4.55. The molecule has 0 rings (SSSR count). The van der Waals surface area contributed by atoms with Gasteiger partial charge in [0.2, 0.25) is 0 Å². The molecule has 0 radical (unpaired) electrons. The highest BCUT2D eigenvalue weighted by Crippen LogP contribution is 2.38. The highest BCUT2D eigenvalue weighted by Gasteiger charge is 2.29. The van der Waals surface area contributed by atoms with E-state index in [2.05, 4.69) is 41.5 Å². The second kappa shape index (κ2) is 4.72. The van der Waals surface area contributed by atoms with Crippen LogP contribution in [0.5, 0.6) is 0 Å². The summed E-state index contributed by atoms with van der Waals surface area (Å²) in [7, 11) is 0. The monoisotopic (exact) mass is 202 g/mol. The molecule has 0 nitrogen and oxygen atoms in total. The Bertz CT molecular complexity index is 147. The standard InChI is InChI=1S/C12H26S/c1-7-11(4,5)10(3)9-12(6,13)8-2/h10,13H,7-9H2,1-6H3. The van der Waals surface area contributed by atoms with Crippen LogP contribution in [-0.2, 0) is 0 Å². The highest BCUT2D eigenvalue weighted by atomic mass is 32.1. The lowest BCUT2D eigenvalue weighted by Crippen LogP contribution is -2.28. The fourth-order valence-corrected chi connectivity index (χ4v) is 1.70. The molecule has 2 unspecified atom stereocenters. The molecule has 0 saturated carbocycles. The van der Waals surface area contributed by atoms with E-state index in [4.69, 9.17) is 12.6 Å². The van der Waals surface area contributed by atoms with Crippen molar-refractivity contribution < 1.29 is 0 Å². The van der Waals surface area contributed by atoms with Crippen molar-refractivity contribution in [1.82, 2.24) is 0 Å². The lowest BCUT2D eigenvalue weighted by Gasteiger charge is -2.36. The number of hydrogen-bond donors (Lipinski definition) is 1. The van der Waals surface area contributed by atoms with Crippen molar-refractivity contribution >= 4 is 12.6 Å². The van der Waals surface area contributed by atoms with Crippen molar-refractivity contribution in [2.24, 2.45) is 11.3 Å². The molecule has 0 spiro atoms. The molecule has 0 aliphatic carbocycles. The third kappa shape index (κ3) is 4.39. The van der Waals surface area contributed by atoms with E-state index >= 15 is 0 Å². The van der Waals surface area contributed by atoms with Gasteiger partial charge in [0.1, 0.15) is 0 Å². The summed E-state index contributed by atoms with van der Waals surface area (Å²) in [4.78, 5) is 0. The summed E-state index contributed by atoms with van der Waals surface area (Å²) in [5.41, 5.74) is 0.458. The molecule has 0 aromatic carbocycles. The average molecular weight is 202 g/mol. The van der Waals surface area contributed by atoms with Crippen LogP contribution in [0.3, 0.4) is 0 Å². The van der Waals surface area contributed by atoms with Crippen molar-refractivity contribution in [1.29, 1.82) is 0 Å². The molecule has 2 atom stereocenters. The Kier molecular flexibility index (Phi) is 4.85. The average Bonchev–Trinajstić information content (AvgIpc) is 2.04. The molecule has 0 aliphatic rings. The van der Waals surface area contributed by atoms with Crippen LogP contribution in [0.1, 0.15) is 60.8 Å². The van der Waals surface area contributed by atoms with Crippen molar-refractivity contribution in [3.05, 3.63) is 0 Å². The first-order chi connectivity index (χ1) is 5.75. The van der Waals surface area contributed by atoms with Crippen LogP contribution in [0, 0.1) is 11.3 Å². The van der Waals surface area contributed by atoms with Gasteiger partial charge in [-0.3, -0.25) is 0 Å². The molecule has 80 valence electrons. The van der Waals surface area contributed by atoms with E-state index in [0.717, 1.165) is 12.3 Å². The van der Waals surface area contributed by atoms with E-state index in [9.17, 15) is 0 Å². The quantitative estimate of drug-likeness (QED) is 0.621. The SMILES string of the molecule is CCC(C)(S)CC(C)C(C)(C)CC. The third-order valence-electron chi connectivity index (χ3n) is 3.75. The van der Waals surface area contributed by atoms with E-state index in [1.807, 2.05) is 0 Å². The minimum absolute atomic E-state index is 0.214. The Morgan fingerprint density at radius 1 is 1.08 bits per heavy atom. The van der Waals surface area contributed by atoms with E-state index in [1.165, 1.54) is 12.8 Å². The van der Waals surface area contributed by atoms with Gasteiger partial charge in [-0.2, -0.15) is 12.6 Å². The Labute approximate surface area is 89.9 Å². The molecule has 1 heteroatoms. The number of thiol groups is 1. The van der Waals surface area contributed by atoms with E-state index in [-0.39, 0.29) is 4.75 Å². The van der Waals surface area contributed by atoms with E-state index in [1.54, 1.807) is 0 Å². The molecule has 0 aliphatic heterocycles. The summed E-state index contributed by atoms with van der Waals surface area (Å²) in [5, 5.41) is 0. The lowest BCUT2D eigenvalue weighted by atomic mass is 9.73. The molecule has 0 aromatic rings. The van der Waals surface area contributed by atoms with Gasteiger partial charge in [-0.15, -0.1) is 0 Å². The summed E-state index contributed by atoms with van der Waals surface area (Å²) in [6, 6.07) is 0. The van der Waals surface area contributed by atoms with E-state index < -0.39 is 0 Å². The summed E-state index contributed by atoms with van der Waals surface area (Å²) < 4.78 is 0.214. The van der Waals surface area contributed by atoms with Gasteiger partial charge >= 0.3 is 0 Å². The molecule has 0 amide bonds. The van der Waals surface area contributed by atoms with Crippen LogP contribution < -0.4 is 0 Å². The number of hydrogen-bond acceptors (Lipinski definition) is 1. The fourth-order valence-electron chi connectivity index (χ4n) is 1.43. The molecule has 0 bridgehead atoms. The Morgan fingerprint density at radius 3 is 1.85 bits per heavy atom. The van der Waals surface area contributed by atoms with Gasteiger partial charge in [0.15, 0.2) is 0 Å². The summed E-state index contributed by atoms with van der Waals surface area (Å²) in [6.45, 7) is 13.8. The van der Waals surface area contributed by atoms with Crippen LogP contribution in [0.15, 0.2) is 0 Å². The van der Waals surface area contributed by atoms with Crippen LogP contribution in [-0.4, -0.2) is 4.75 Å². The minimum Gasteiger partial charge on any atom is -0.173 e. The van der Waals surface area contributed by atoms with Gasteiger partial charge in [0.05, 0.1) is 0 Å². The smallest absolute Gasteiger partial charge is 0.0101 e. The molecular formula is C12H26S. The zero-order valence-electron chi connectivity index (χ0n) is 10.1. The van der Waals surface area contributed by atoms with Gasteiger partial charge in [0.25, 0.3) is 0 Å². The summed E-state index contributed by atoms with van der Waals surface area (Å²) in [6.07, 6.45) is 3.62. The maximum absolute atomic E-state index is 4.70. The third-order valence-corrected chi connectivity index (χ3v) is 4.25. The fraction of sp³-hybridized carbons (Fsp3) is 1.00. The Morgan fingerprint density at radius 2 is 1.54 bits per heavy atom. The molecule has 13 heavy (non-hydrogen) atoms. The van der Waals surface area contributed by atoms with Crippen LogP contribution in [0.2, 0.25) is 0 Å². The topological polar surface area (TPSA) is 0 Å². The zero-order valence-corrected chi connectivity index (χ0v) is 11.0. The largest absolute Gasteiger partial charge is 0.173 e.